The molecule has 1 aromatic carbocycles. The van der Waals surface area contributed by atoms with E-state index in [1.165, 1.54) is 11.3 Å². The molecule has 0 amide bonds. The third-order valence-electron chi connectivity index (χ3n) is 5.09. The fourth-order valence-corrected chi connectivity index (χ4v) is 3.34. The minimum absolute atomic E-state index is 0.574. The summed E-state index contributed by atoms with van der Waals surface area (Å²) in [6.07, 6.45) is 0. The second-order valence-electron chi connectivity index (χ2n) is 7.37. The molecule has 2 N–H and O–H groups in total. The van der Waals surface area contributed by atoms with E-state index in [-0.39, 0.29) is 0 Å². The number of benzene rings is 1. The Hall–Kier alpha value is -3.09. The Bertz CT molecular complexity index is 1020. The highest BCUT2D eigenvalue weighted by Gasteiger charge is 2.11. The van der Waals surface area contributed by atoms with E-state index in [4.69, 9.17) is 9.98 Å². The van der Waals surface area contributed by atoms with Crippen molar-refractivity contribution in [3.05, 3.63) is 52.8 Å². The number of hydrogen-bond acceptors (Lipinski definition) is 4. The van der Waals surface area contributed by atoms with Crippen LogP contribution in [0.1, 0.15) is 29.4 Å². The van der Waals surface area contributed by atoms with Crippen LogP contribution >= 0.6 is 0 Å². The van der Waals surface area contributed by atoms with E-state index in [1.807, 2.05) is 55.8 Å². The van der Waals surface area contributed by atoms with Gasteiger partial charge in [0.1, 0.15) is 5.82 Å². The Morgan fingerprint density at radius 2 is 1.93 bits per heavy atom. The standard InChI is InChI=1S/C22H31N7/c1-7-23-22(25-14-19-15(2)27-29(6)16(19)3)24-13-17-12-21(28(4)5)26-20-11-9-8-10-18(17)20/h8-12H,7,13-14H2,1-6H3,(H2,23,24,25). The van der Waals surface area contributed by atoms with Crippen molar-refractivity contribution in [3.63, 3.8) is 0 Å². The highest BCUT2D eigenvalue weighted by atomic mass is 15.3. The Labute approximate surface area is 172 Å². The van der Waals surface area contributed by atoms with Gasteiger partial charge in [0.2, 0.25) is 0 Å². The van der Waals surface area contributed by atoms with Crippen molar-refractivity contribution in [2.45, 2.75) is 33.9 Å². The summed E-state index contributed by atoms with van der Waals surface area (Å²) < 4.78 is 1.92. The van der Waals surface area contributed by atoms with Gasteiger partial charge in [-0.3, -0.25) is 4.68 Å². The molecule has 29 heavy (non-hydrogen) atoms. The molecule has 7 heteroatoms. The second kappa shape index (κ2) is 8.94. The molecule has 2 aromatic heterocycles. The zero-order valence-electron chi connectivity index (χ0n) is 18.2. The normalized spacial score (nSPS) is 11.7. The predicted octanol–water partition coefficient (Wildman–Crippen LogP) is 2.91. The lowest BCUT2D eigenvalue weighted by molar-refractivity contribution is 0.728. The van der Waals surface area contributed by atoms with Crippen LogP contribution in [0.2, 0.25) is 0 Å². The fourth-order valence-electron chi connectivity index (χ4n) is 3.34. The smallest absolute Gasteiger partial charge is 0.191 e. The molecule has 0 unspecified atom stereocenters. The van der Waals surface area contributed by atoms with Gasteiger partial charge in [-0.15, -0.1) is 0 Å². The van der Waals surface area contributed by atoms with E-state index >= 15 is 0 Å². The number of aliphatic imine (C=N–C) groups is 1. The summed E-state index contributed by atoms with van der Waals surface area (Å²) in [5.41, 5.74) is 5.57. The summed E-state index contributed by atoms with van der Waals surface area (Å²) in [5.74, 6) is 1.73. The third-order valence-corrected chi connectivity index (χ3v) is 5.09. The summed E-state index contributed by atoms with van der Waals surface area (Å²) in [7, 11) is 5.99. The molecular formula is C22H31N7. The van der Waals surface area contributed by atoms with Gasteiger partial charge in [-0.2, -0.15) is 5.10 Å². The van der Waals surface area contributed by atoms with E-state index in [2.05, 4.69) is 41.7 Å². The molecule has 0 atom stereocenters. The third kappa shape index (κ3) is 4.67. The van der Waals surface area contributed by atoms with Crippen LogP contribution in [-0.4, -0.2) is 41.4 Å². The van der Waals surface area contributed by atoms with E-state index in [0.717, 1.165) is 40.5 Å². The highest BCUT2D eigenvalue weighted by molar-refractivity contribution is 5.85. The average molecular weight is 394 g/mol. The molecule has 0 aliphatic heterocycles. The summed E-state index contributed by atoms with van der Waals surface area (Å²) >= 11 is 0. The number of nitrogens with one attached hydrogen (secondary N) is 2. The van der Waals surface area contributed by atoms with Gasteiger partial charge in [0.15, 0.2) is 5.96 Å². The van der Waals surface area contributed by atoms with Gasteiger partial charge >= 0.3 is 0 Å². The lowest BCUT2D eigenvalue weighted by atomic mass is 10.1. The van der Waals surface area contributed by atoms with E-state index < -0.39 is 0 Å². The Balaban J connectivity index is 1.85. The molecule has 3 rings (SSSR count). The van der Waals surface area contributed by atoms with Crippen molar-refractivity contribution >= 4 is 22.7 Å². The maximum atomic E-state index is 4.84. The average Bonchev–Trinajstić information content (AvgIpc) is 2.95. The van der Waals surface area contributed by atoms with Crippen LogP contribution in [-0.2, 0) is 20.1 Å². The van der Waals surface area contributed by atoms with E-state index in [9.17, 15) is 0 Å². The van der Waals surface area contributed by atoms with Crippen LogP contribution in [0.25, 0.3) is 10.9 Å². The number of hydrogen-bond donors (Lipinski definition) is 2. The Morgan fingerprint density at radius 1 is 1.17 bits per heavy atom. The van der Waals surface area contributed by atoms with Crippen LogP contribution in [0.15, 0.2) is 35.3 Å². The molecule has 0 saturated carbocycles. The molecule has 0 aliphatic carbocycles. The van der Waals surface area contributed by atoms with Gasteiger partial charge in [-0.25, -0.2) is 9.98 Å². The lowest BCUT2D eigenvalue weighted by Crippen LogP contribution is -2.37. The summed E-state index contributed by atoms with van der Waals surface area (Å²) in [5, 5.41) is 12.4. The lowest BCUT2D eigenvalue weighted by Gasteiger charge is -2.15. The second-order valence-corrected chi connectivity index (χ2v) is 7.37. The molecule has 7 nitrogen and oxygen atoms in total. The number of nitrogens with zero attached hydrogens (tertiary/aromatic N) is 5. The van der Waals surface area contributed by atoms with Crippen molar-refractivity contribution < 1.29 is 0 Å². The first-order chi connectivity index (χ1) is 13.9. The molecule has 0 fully saturated rings. The van der Waals surface area contributed by atoms with Gasteiger partial charge in [0, 0.05) is 50.9 Å². The molecule has 3 aromatic rings. The molecule has 0 bridgehead atoms. The molecule has 0 saturated heterocycles. The summed E-state index contributed by atoms with van der Waals surface area (Å²) in [4.78, 5) is 11.6. The minimum atomic E-state index is 0.574. The zero-order valence-corrected chi connectivity index (χ0v) is 18.2. The van der Waals surface area contributed by atoms with Gasteiger partial charge in [0.05, 0.1) is 17.8 Å². The zero-order chi connectivity index (χ0) is 21.0. The minimum Gasteiger partial charge on any atom is -0.363 e. The number of fused-ring (bicyclic) bond motifs is 1. The first-order valence-corrected chi connectivity index (χ1v) is 9.98. The number of aryl methyl sites for hydroxylation is 2. The molecule has 154 valence electrons. The number of anilines is 1. The number of aromatic nitrogens is 3. The quantitative estimate of drug-likeness (QED) is 0.498. The van der Waals surface area contributed by atoms with Crippen LogP contribution in [0.4, 0.5) is 5.82 Å². The highest BCUT2D eigenvalue weighted by Crippen LogP contribution is 2.22. The van der Waals surface area contributed by atoms with Crippen molar-refractivity contribution in [2.24, 2.45) is 12.0 Å². The Kier molecular flexibility index (Phi) is 6.36. The number of pyridine rings is 1. The van der Waals surface area contributed by atoms with Crippen molar-refractivity contribution in [1.29, 1.82) is 0 Å². The molecule has 2 heterocycles. The maximum absolute atomic E-state index is 4.84. The van der Waals surface area contributed by atoms with Gasteiger partial charge in [-0.1, -0.05) is 18.2 Å². The topological polar surface area (TPSA) is 70.4 Å². The monoisotopic (exact) mass is 393 g/mol. The van der Waals surface area contributed by atoms with Crippen LogP contribution < -0.4 is 15.5 Å². The molecule has 0 radical (unpaired) electrons. The fraction of sp³-hybridized carbons (Fsp3) is 0.409. The van der Waals surface area contributed by atoms with Crippen molar-refractivity contribution in [2.75, 3.05) is 25.5 Å². The first-order valence-electron chi connectivity index (χ1n) is 9.98. The van der Waals surface area contributed by atoms with Gasteiger partial charge < -0.3 is 15.5 Å². The van der Waals surface area contributed by atoms with Crippen LogP contribution in [0.5, 0.6) is 0 Å². The Morgan fingerprint density at radius 3 is 2.59 bits per heavy atom. The largest absolute Gasteiger partial charge is 0.363 e. The summed E-state index contributed by atoms with van der Waals surface area (Å²) in [6, 6.07) is 10.3. The van der Waals surface area contributed by atoms with Crippen LogP contribution in [0, 0.1) is 13.8 Å². The first kappa shape index (κ1) is 20.6. The molecular weight excluding hydrogens is 362 g/mol. The summed E-state index contributed by atoms with van der Waals surface area (Å²) in [6.45, 7) is 8.27. The van der Waals surface area contributed by atoms with Crippen molar-refractivity contribution in [1.82, 2.24) is 25.4 Å². The maximum Gasteiger partial charge on any atom is 0.191 e. The number of guanidine groups is 1. The number of rotatable bonds is 6. The molecule has 0 aliphatic rings. The van der Waals surface area contributed by atoms with Crippen LogP contribution in [0.3, 0.4) is 0 Å². The van der Waals surface area contributed by atoms with Gasteiger partial charge in [0.25, 0.3) is 0 Å². The van der Waals surface area contributed by atoms with Gasteiger partial charge in [-0.05, 0) is 38.5 Å². The number of para-hydroxylation sites is 1. The predicted molar refractivity (Wildman–Crippen MR) is 120 cm³/mol. The van der Waals surface area contributed by atoms with E-state index in [1.54, 1.807) is 0 Å². The molecule has 0 spiro atoms. The van der Waals surface area contributed by atoms with Crippen molar-refractivity contribution in [3.8, 4) is 0 Å². The SMILES string of the molecule is CCNC(=NCc1cc(N(C)C)nc2ccccc12)NCc1c(C)nn(C)c1C. The van der Waals surface area contributed by atoms with E-state index in [0.29, 0.717) is 13.1 Å².